The second-order valence-corrected chi connectivity index (χ2v) is 7.82. The first kappa shape index (κ1) is 12.2. The highest BCUT2D eigenvalue weighted by Gasteiger charge is 2.34. The molecule has 0 bridgehead atoms. The van der Waals surface area contributed by atoms with E-state index in [2.05, 4.69) is 44.8 Å². The summed E-state index contributed by atoms with van der Waals surface area (Å²) in [5, 5.41) is 0. The average Bonchev–Trinajstić information content (AvgIpc) is 2.88. The van der Waals surface area contributed by atoms with E-state index in [1.165, 1.54) is 41.1 Å². The van der Waals surface area contributed by atoms with Gasteiger partial charge in [0.1, 0.15) is 0 Å². The zero-order chi connectivity index (χ0) is 11.8. The van der Waals surface area contributed by atoms with E-state index in [0.717, 1.165) is 12.6 Å². The Labute approximate surface area is 116 Å². The Morgan fingerprint density at radius 1 is 1.41 bits per heavy atom. The Bertz CT molecular complexity index is 393. The summed E-state index contributed by atoms with van der Waals surface area (Å²) < 4.78 is 1.25. The number of nitrogens with zero attached hydrogens (tertiary/aromatic N) is 2. The van der Waals surface area contributed by atoms with Crippen molar-refractivity contribution in [2.75, 3.05) is 19.6 Å². The van der Waals surface area contributed by atoms with E-state index in [4.69, 9.17) is 0 Å². The molecule has 94 valence electrons. The summed E-state index contributed by atoms with van der Waals surface area (Å²) in [5.41, 5.74) is 0. The first-order valence-electron chi connectivity index (χ1n) is 6.44. The van der Waals surface area contributed by atoms with Crippen LogP contribution >= 0.6 is 27.3 Å². The van der Waals surface area contributed by atoms with E-state index in [1.807, 2.05) is 11.3 Å². The minimum Gasteiger partial charge on any atom is -0.298 e. The lowest BCUT2D eigenvalue weighted by atomic mass is 10.1. The van der Waals surface area contributed by atoms with Crippen LogP contribution in [0.5, 0.6) is 0 Å². The van der Waals surface area contributed by atoms with Crippen molar-refractivity contribution >= 4 is 27.3 Å². The van der Waals surface area contributed by atoms with E-state index in [1.54, 1.807) is 0 Å². The number of hydrogen-bond acceptors (Lipinski definition) is 3. The SMILES string of the molecule is CC1CN2CCCC2CN1Cc1ccc(Br)s1. The Morgan fingerprint density at radius 3 is 3.06 bits per heavy atom. The molecular weight excluding hydrogens is 296 g/mol. The standard InChI is InChI=1S/C13H19BrN2S/c1-10-7-15-6-2-3-11(15)8-16(10)9-12-4-5-13(14)17-12/h4-5,10-11H,2-3,6-9H2,1H3. The first-order chi connectivity index (χ1) is 8.22. The lowest BCUT2D eigenvalue weighted by Gasteiger charge is -2.42. The van der Waals surface area contributed by atoms with Crippen LogP contribution in [0.3, 0.4) is 0 Å². The van der Waals surface area contributed by atoms with Gasteiger partial charge in [-0.15, -0.1) is 11.3 Å². The molecule has 2 nitrogen and oxygen atoms in total. The second-order valence-electron chi connectivity index (χ2n) is 5.28. The van der Waals surface area contributed by atoms with E-state index in [-0.39, 0.29) is 0 Å². The molecule has 2 unspecified atom stereocenters. The lowest BCUT2D eigenvalue weighted by molar-refractivity contribution is 0.0547. The van der Waals surface area contributed by atoms with Crippen LogP contribution in [-0.2, 0) is 6.54 Å². The molecule has 1 aromatic heterocycles. The molecule has 0 N–H and O–H groups in total. The van der Waals surface area contributed by atoms with Crippen molar-refractivity contribution in [2.45, 2.75) is 38.4 Å². The van der Waals surface area contributed by atoms with Gasteiger partial charge in [0, 0.05) is 36.6 Å². The van der Waals surface area contributed by atoms with Gasteiger partial charge < -0.3 is 0 Å². The molecule has 4 heteroatoms. The predicted molar refractivity (Wildman–Crippen MR) is 76.5 cm³/mol. The van der Waals surface area contributed by atoms with Crippen molar-refractivity contribution in [3.8, 4) is 0 Å². The summed E-state index contributed by atoms with van der Waals surface area (Å²) in [6.07, 6.45) is 2.80. The molecule has 2 saturated heterocycles. The van der Waals surface area contributed by atoms with Crippen LogP contribution < -0.4 is 0 Å². The second kappa shape index (κ2) is 5.00. The molecule has 3 rings (SSSR count). The normalized spacial score (nSPS) is 30.7. The first-order valence-corrected chi connectivity index (χ1v) is 8.05. The summed E-state index contributed by atoms with van der Waals surface area (Å²) in [7, 11) is 0. The zero-order valence-corrected chi connectivity index (χ0v) is 12.6. The molecule has 2 fully saturated rings. The lowest BCUT2D eigenvalue weighted by Crippen LogP contribution is -2.54. The summed E-state index contributed by atoms with van der Waals surface area (Å²) >= 11 is 5.42. The third-order valence-electron chi connectivity index (χ3n) is 4.05. The zero-order valence-electron chi connectivity index (χ0n) is 10.2. The van der Waals surface area contributed by atoms with Gasteiger partial charge in [-0.05, 0) is 54.4 Å². The topological polar surface area (TPSA) is 6.48 Å². The van der Waals surface area contributed by atoms with Crippen molar-refractivity contribution in [2.24, 2.45) is 0 Å². The molecule has 0 saturated carbocycles. The minimum atomic E-state index is 0.699. The van der Waals surface area contributed by atoms with E-state index < -0.39 is 0 Å². The van der Waals surface area contributed by atoms with Gasteiger partial charge >= 0.3 is 0 Å². The van der Waals surface area contributed by atoms with E-state index >= 15 is 0 Å². The van der Waals surface area contributed by atoms with Gasteiger partial charge in [0.05, 0.1) is 3.79 Å². The fraction of sp³-hybridized carbons (Fsp3) is 0.692. The number of halogens is 1. The number of fused-ring (bicyclic) bond motifs is 1. The fourth-order valence-electron chi connectivity index (χ4n) is 3.11. The molecule has 3 heterocycles. The molecule has 2 atom stereocenters. The van der Waals surface area contributed by atoms with E-state index in [0.29, 0.717) is 6.04 Å². The van der Waals surface area contributed by atoms with Gasteiger partial charge in [-0.3, -0.25) is 9.80 Å². The van der Waals surface area contributed by atoms with Gasteiger partial charge in [-0.1, -0.05) is 0 Å². The predicted octanol–water partition coefficient (Wildman–Crippen LogP) is 3.18. The summed E-state index contributed by atoms with van der Waals surface area (Å²) in [6.45, 7) is 7.35. The van der Waals surface area contributed by atoms with Crippen LogP contribution in [0.25, 0.3) is 0 Å². The Hall–Kier alpha value is 0.1000. The summed E-state index contributed by atoms with van der Waals surface area (Å²) in [5.74, 6) is 0. The molecule has 2 aliphatic rings. The smallest absolute Gasteiger partial charge is 0.0701 e. The summed E-state index contributed by atoms with van der Waals surface area (Å²) in [6, 6.07) is 5.94. The van der Waals surface area contributed by atoms with E-state index in [9.17, 15) is 0 Å². The Kier molecular flexibility index (Phi) is 3.57. The van der Waals surface area contributed by atoms with Gasteiger partial charge in [-0.25, -0.2) is 0 Å². The Morgan fingerprint density at radius 2 is 2.29 bits per heavy atom. The highest BCUT2D eigenvalue weighted by Crippen LogP contribution is 2.28. The quantitative estimate of drug-likeness (QED) is 0.827. The van der Waals surface area contributed by atoms with Crippen molar-refractivity contribution in [1.29, 1.82) is 0 Å². The molecule has 0 amide bonds. The van der Waals surface area contributed by atoms with Crippen molar-refractivity contribution < 1.29 is 0 Å². The third-order valence-corrected chi connectivity index (χ3v) is 5.66. The van der Waals surface area contributed by atoms with Crippen LogP contribution in [0.4, 0.5) is 0 Å². The summed E-state index contributed by atoms with van der Waals surface area (Å²) in [4.78, 5) is 6.83. The van der Waals surface area contributed by atoms with Crippen LogP contribution in [0.2, 0.25) is 0 Å². The highest BCUT2D eigenvalue weighted by atomic mass is 79.9. The molecule has 0 radical (unpaired) electrons. The van der Waals surface area contributed by atoms with Crippen LogP contribution in [0.15, 0.2) is 15.9 Å². The molecule has 17 heavy (non-hydrogen) atoms. The monoisotopic (exact) mass is 314 g/mol. The van der Waals surface area contributed by atoms with Crippen LogP contribution in [0, 0.1) is 0 Å². The molecule has 0 spiro atoms. The highest BCUT2D eigenvalue weighted by molar-refractivity contribution is 9.11. The maximum absolute atomic E-state index is 3.55. The maximum atomic E-state index is 3.55. The van der Waals surface area contributed by atoms with Gasteiger partial charge in [-0.2, -0.15) is 0 Å². The molecule has 2 aliphatic heterocycles. The minimum absolute atomic E-state index is 0.699. The molecule has 0 aromatic carbocycles. The maximum Gasteiger partial charge on any atom is 0.0701 e. The van der Waals surface area contributed by atoms with Crippen LogP contribution in [0.1, 0.15) is 24.6 Å². The largest absolute Gasteiger partial charge is 0.298 e. The fourth-order valence-corrected chi connectivity index (χ4v) is 4.61. The van der Waals surface area contributed by atoms with Crippen molar-refractivity contribution in [1.82, 2.24) is 9.80 Å². The molecular formula is C13H19BrN2S. The number of thiophene rings is 1. The number of hydrogen-bond donors (Lipinski definition) is 0. The van der Waals surface area contributed by atoms with Crippen molar-refractivity contribution in [3.05, 3.63) is 20.8 Å². The van der Waals surface area contributed by atoms with Crippen molar-refractivity contribution in [3.63, 3.8) is 0 Å². The number of rotatable bonds is 2. The van der Waals surface area contributed by atoms with Gasteiger partial charge in [0.25, 0.3) is 0 Å². The number of piperazine rings is 1. The Balaban J connectivity index is 1.66. The van der Waals surface area contributed by atoms with Gasteiger partial charge in [0.15, 0.2) is 0 Å². The third kappa shape index (κ3) is 2.60. The average molecular weight is 315 g/mol. The molecule has 0 aliphatic carbocycles. The molecule has 1 aromatic rings. The van der Waals surface area contributed by atoms with Gasteiger partial charge in [0.2, 0.25) is 0 Å². The van der Waals surface area contributed by atoms with Crippen LogP contribution in [-0.4, -0.2) is 41.5 Å².